The van der Waals surface area contributed by atoms with Gasteiger partial charge >= 0.3 is 12.1 Å². The lowest BCUT2D eigenvalue weighted by atomic mass is 9.78. The molecule has 2 N–H and O–H groups in total. The first-order valence-corrected chi connectivity index (χ1v) is 9.11. The van der Waals surface area contributed by atoms with Crippen LogP contribution in [0.15, 0.2) is 0 Å². The molecule has 2 amide bonds. The first kappa shape index (κ1) is 19.5. The minimum absolute atomic E-state index is 0.187. The Morgan fingerprint density at radius 2 is 1.76 bits per heavy atom. The van der Waals surface area contributed by atoms with Crippen molar-refractivity contribution in [2.45, 2.75) is 90.0 Å². The average molecular weight is 354 g/mol. The molecule has 0 bridgehead atoms. The molecule has 142 valence electrons. The molecule has 0 aliphatic heterocycles. The average Bonchev–Trinajstić information content (AvgIpc) is 3.16. The van der Waals surface area contributed by atoms with Crippen molar-refractivity contribution in [3.05, 3.63) is 0 Å². The summed E-state index contributed by atoms with van der Waals surface area (Å²) >= 11 is 0. The van der Waals surface area contributed by atoms with Crippen molar-refractivity contribution in [2.24, 2.45) is 5.92 Å². The lowest BCUT2D eigenvalue weighted by Crippen LogP contribution is -2.49. The number of rotatable bonds is 7. The van der Waals surface area contributed by atoms with Gasteiger partial charge in [0.1, 0.15) is 5.60 Å². The molecule has 0 spiro atoms. The van der Waals surface area contributed by atoms with Gasteiger partial charge in [-0.15, -0.1) is 0 Å². The number of ether oxygens (including phenoxy) is 2. The number of hydrogen-bond acceptors (Lipinski definition) is 5. The van der Waals surface area contributed by atoms with Crippen molar-refractivity contribution in [3.63, 3.8) is 0 Å². The highest BCUT2D eigenvalue weighted by atomic mass is 16.6. The van der Waals surface area contributed by atoms with Gasteiger partial charge in [0, 0.05) is 25.4 Å². The summed E-state index contributed by atoms with van der Waals surface area (Å²) in [5, 5.41) is 5.74. The predicted molar refractivity (Wildman–Crippen MR) is 91.8 cm³/mol. The van der Waals surface area contributed by atoms with Gasteiger partial charge in [-0.25, -0.2) is 4.79 Å². The fourth-order valence-electron chi connectivity index (χ4n) is 2.83. The van der Waals surface area contributed by atoms with E-state index >= 15 is 0 Å². The second-order valence-corrected chi connectivity index (χ2v) is 8.06. The number of esters is 1. The third-order valence-corrected chi connectivity index (χ3v) is 4.41. The zero-order valence-corrected chi connectivity index (χ0v) is 15.6. The maximum atomic E-state index is 12.4. The van der Waals surface area contributed by atoms with E-state index in [2.05, 4.69) is 10.6 Å². The van der Waals surface area contributed by atoms with Gasteiger partial charge in [0.05, 0.1) is 0 Å². The molecule has 2 aliphatic carbocycles. The molecular weight excluding hydrogens is 324 g/mol. The van der Waals surface area contributed by atoms with Gasteiger partial charge < -0.3 is 20.1 Å². The number of nitrogens with one attached hydrogen (secondary N) is 2. The van der Waals surface area contributed by atoms with Crippen LogP contribution in [0.5, 0.6) is 0 Å². The molecule has 2 saturated carbocycles. The molecule has 2 rings (SSSR count). The third-order valence-electron chi connectivity index (χ3n) is 4.41. The molecule has 7 heteroatoms. The lowest BCUT2D eigenvalue weighted by Gasteiger charge is -2.36. The van der Waals surface area contributed by atoms with Crippen LogP contribution < -0.4 is 10.6 Å². The van der Waals surface area contributed by atoms with E-state index < -0.39 is 23.8 Å². The van der Waals surface area contributed by atoms with Crippen molar-refractivity contribution in [3.8, 4) is 0 Å². The van der Waals surface area contributed by atoms with Gasteiger partial charge in [0.2, 0.25) is 0 Å². The van der Waals surface area contributed by atoms with Gasteiger partial charge in [-0.05, 0) is 52.4 Å². The second kappa shape index (κ2) is 8.06. The molecule has 0 aromatic rings. The monoisotopic (exact) mass is 354 g/mol. The predicted octanol–water partition coefficient (Wildman–Crippen LogP) is 2.28. The molecule has 2 unspecified atom stereocenters. The zero-order chi connectivity index (χ0) is 18.6. The summed E-state index contributed by atoms with van der Waals surface area (Å²) in [7, 11) is 0. The van der Waals surface area contributed by atoms with Crippen LogP contribution in [-0.4, -0.2) is 41.8 Å². The maximum Gasteiger partial charge on any atom is 0.407 e. The Balaban J connectivity index is 1.99. The lowest BCUT2D eigenvalue weighted by molar-refractivity contribution is -0.155. The van der Waals surface area contributed by atoms with Crippen LogP contribution in [0.1, 0.15) is 66.2 Å². The van der Waals surface area contributed by atoms with E-state index in [0.717, 1.165) is 32.1 Å². The van der Waals surface area contributed by atoms with Crippen LogP contribution in [0.3, 0.4) is 0 Å². The molecule has 2 fully saturated rings. The Morgan fingerprint density at radius 1 is 1.12 bits per heavy atom. The highest BCUT2D eigenvalue weighted by molar-refractivity contribution is 5.84. The SMILES string of the molecule is CC(=O)OC(CC(NC(=O)OC(C)(C)C)C1CCC1)C(=O)NC1CC1. The van der Waals surface area contributed by atoms with Gasteiger partial charge in [-0.1, -0.05) is 6.42 Å². The molecule has 2 aliphatic rings. The first-order chi connectivity index (χ1) is 11.6. The zero-order valence-electron chi connectivity index (χ0n) is 15.6. The minimum Gasteiger partial charge on any atom is -0.452 e. The summed E-state index contributed by atoms with van der Waals surface area (Å²) in [6, 6.07) is -0.0653. The fourth-order valence-corrected chi connectivity index (χ4v) is 2.83. The Morgan fingerprint density at radius 3 is 2.20 bits per heavy atom. The molecule has 7 nitrogen and oxygen atoms in total. The van der Waals surface area contributed by atoms with Crippen molar-refractivity contribution < 1.29 is 23.9 Å². The van der Waals surface area contributed by atoms with E-state index in [-0.39, 0.29) is 30.3 Å². The summed E-state index contributed by atoms with van der Waals surface area (Å²) in [6.45, 7) is 6.69. The van der Waals surface area contributed by atoms with Crippen molar-refractivity contribution in [1.82, 2.24) is 10.6 Å². The van der Waals surface area contributed by atoms with Gasteiger partial charge in [0.15, 0.2) is 6.10 Å². The Bertz CT molecular complexity index is 506. The third kappa shape index (κ3) is 6.92. The number of carbonyl (C=O) groups is 3. The van der Waals surface area contributed by atoms with E-state index in [1.54, 1.807) is 20.8 Å². The van der Waals surface area contributed by atoms with Crippen molar-refractivity contribution >= 4 is 18.0 Å². The summed E-state index contributed by atoms with van der Waals surface area (Å²) < 4.78 is 10.6. The molecular formula is C18H30N2O5. The van der Waals surface area contributed by atoms with Gasteiger partial charge in [-0.2, -0.15) is 0 Å². The molecule has 0 radical (unpaired) electrons. The smallest absolute Gasteiger partial charge is 0.407 e. The van der Waals surface area contributed by atoms with Crippen LogP contribution in [0.25, 0.3) is 0 Å². The second-order valence-electron chi connectivity index (χ2n) is 8.06. The Kier molecular flexibility index (Phi) is 6.30. The van der Waals surface area contributed by atoms with E-state index in [0.29, 0.717) is 0 Å². The number of hydrogen-bond donors (Lipinski definition) is 2. The quantitative estimate of drug-likeness (QED) is 0.684. The van der Waals surface area contributed by atoms with E-state index in [1.165, 1.54) is 6.92 Å². The van der Waals surface area contributed by atoms with Gasteiger partial charge in [0.25, 0.3) is 5.91 Å². The van der Waals surface area contributed by atoms with E-state index in [1.807, 2.05) is 0 Å². The highest BCUT2D eigenvalue weighted by Crippen LogP contribution is 2.32. The highest BCUT2D eigenvalue weighted by Gasteiger charge is 2.36. The standard InChI is InChI=1S/C18H30N2O5/c1-11(21)24-15(16(22)19-13-8-9-13)10-14(12-6-5-7-12)20-17(23)25-18(2,3)4/h12-15H,5-10H2,1-4H3,(H,19,22)(H,20,23). The van der Waals surface area contributed by atoms with Crippen LogP contribution in [-0.2, 0) is 19.1 Å². The van der Waals surface area contributed by atoms with Crippen molar-refractivity contribution in [1.29, 1.82) is 0 Å². The van der Waals surface area contributed by atoms with Crippen LogP contribution in [0.4, 0.5) is 4.79 Å². The van der Waals surface area contributed by atoms with Crippen LogP contribution in [0, 0.1) is 5.92 Å². The number of alkyl carbamates (subject to hydrolysis) is 1. The fraction of sp³-hybridized carbons (Fsp3) is 0.833. The first-order valence-electron chi connectivity index (χ1n) is 9.11. The summed E-state index contributed by atoms with van der Waals surface area (Å²) in [4.78, 5) is 35.9. The normalized spacial score (nSPS) is 20.0. The van der Waals surface area contributed by atoms with E-state index in [9.17, 15) is 14.4 Å². The Labute approximate surface area is 149 Å². The van der Waals surface area contributed by atoms with E-state index in [4.69, 9.17) is 9.47 Å². The number of carbonyl (C=O) groups excluding carboxylic acids is 3. The minimum atomic E-state index is -0.890. The molecule has 0 saturated heterocycles. The van der Waals surface area contributed by atoms with Gasteiger partial charge in [-0.3, -0.25) is 9.59 Å². The van der Waals surface area contributed by atoms with Crippen molar-refractivity contribution in [2.75, 3.05) is 0 Å². The number of amides is 2. The molecule has 0 aromatic carbocycles. The summed E-state index contributed by atoms with van der Waals surface area (Å²) in [5.74, 6) is -0.507. The topological polar surface area (TPSA) is 93.7 Å². The maximum absolute atomic E-state index is 12.4. The molecule has 0 aromatic heterocycles. The largest absolute Gasteiger partial charge is 0.452 e. The summed E-state index contributed by atoms with van der Waals surface area (Å²) in [6.07, 6.45) is 3.86. The van der Waals surface area contributed by atoms with Crippen LogP contribution >= 0.6 is 0 Å². The Hall–Kier alpha value is -1.79. The molecule has 25 heavy (non-hydrogen) atoms. The summed E-state index contributed by atoms with van der Waals surface area (Å²) in [5.41, 5.74) is -0.590. The molecule has 0 heterocycles. The van der Waals surface area contributed by atoms with Crippen LogP contribution in [0.2, 0.25) is 0 Å². The molecule has 2 atom stereocenters.